The molecule has 1 aliphatic rings. The Morgan fingerprint density at radius 1 is 1.32 bits per heavy atom. The summed E-state index contributed by atoms with van der Waals surface area (Å²) >= 11 is 0. The Balaban J connectivity index is 2.29. The van der Waals surface area contributed by atoms with Crippen LogP contribution in [0.15, 0.2) is 0 Å². The van der Waals surface area contributed by atoms with Crippen LogP contribution in [0.1, 0.15) is 39.0 Å². The highest BCUT2D eigenvalue weighted by Crippen LogP contribution is 2.19. The molecule has 0 saturated carbocycles. The third kappa shape index (κ3) is 6.75. The Morgan fingerprint density at radius 2 is 2.09 bits per heavy atom. The monoisotopic (exact) mass is 313 g/mol. The van der Waals surface area contributed by atoms with Crippen LogP contribution in [-0.2, 0) is 14.3 Å². The van der Waals surface area contributed by atoms with E-state index in [2.05, 4.69) is 12.2 Å². The summed E-state index contributed by atoms with van der Waals surface area (Å²) in [5.41, 5.74) is 0. The molecule has 0 aromatic carbocycles. The van der Waals surface area contributed by atoms with E-state index in [-0.39, 0.29) is 18.4 Å². The van der Waals surface area contributed by atoms with Crippen molar-refractivity contribution in [2.24, 2.45) is 0 Å². The molecule has 0 aromatic rings. The lowest BCUT2D eigenvalue weighted by atomic mass is 10.00. The van der Waals surface area contributed by atoms with E-state index in [1.807, 2.05) is 11.9 Å². The van der Waals surface area contributed by atoms with E-state index in [9.17, 15) is 9.59 Å². The summed E-state index contributed by atoms with van der Waals surface area (Å²) in [5.74, 6) is 0.0957. The van der Waals surface area contributed by atoms with Crippen LogP contribution in [0, 0.1) is 0 Å². The summed E-state index contributed by atoms with van der Waals surface area (Å²) in [6, 6.07) is 0.373. The number of nitrogens with zero attached hydrogens (tertiary/aromatic N) is 2. The molecule has 0 spiro atoms. The van der Waals surface area contributed by atoms with E-state index in [0.717, 1.165) is 32.2 Å². The van der Waals surface area contributed by atoms with Crippen molar-refractivity contribution in [1.82, 2.24) is 15.1 Å². The topological polar surface area (TPSA) is 61.9 Å². The van der Waals surface area contributed by atoms with Gasteiger partial charge in [0.1, 0.15) is 0 Å². The number of methoxy groups -OCH3 is 1. The first-order valence-electron chi connectivity index (χ1n) is 8.32. The van der Waals surface area contributed by atoms with Gasteiger partial charge in [-0.1, -0.05) is 6.92 Å². The normalized spacial score (nSPS) is 18.5. The molecule has 0 radical (unpaired) electrons. The molecular formula is C16H31N3O3. The summed E-state index contributed by atoms with van der Waals surface area (Å²) in [6.07, 6.45) is 5.21. The lowest BCUT2D eigenvalue weighted by molar-refractivity contribution is -0.136. The Hall–Kier alpha value is -1.14. The molecule has 2 amide bonds. The van der Waals surface area contributed by atoms with Crippen LogP contribution in [0.25, 0.3) is 0 Å². The van der Waals surface area contributed by atoms with Crippen molar-refractivity contribution in [2.75, 3.05) is 46.9 Å². The number of carbonyl (C=O) groups is 2. The lowest BCUT2D eigenvalue weighted by Gasteiger charge is -2.36. The molecule has 6 nitrogen and oxygen atoms in total. The van der Waals surface area contributed by atoms with E-state index in [4.69, 9.17) is 4.74 Å². The van der Waals surface area contributed by atoms with Gasteiger partial charge in [-0.25, -0.2) is 0 Å². The lowest BCUT2D eigenvalue weighted by Crippen LogP contribution is -2.48. The van der Waals surface area contributed by atoms with Crippen LogP contribution < -0.4 is 5.32 Å². The molecule has 1 aliphatic heterocycles. The molecule has 1 unspecified atom stereocenters. The maximum Gasteiger partial charge on any atom is 0.237 e. The first-order chi connectivity index (χ1) is 10.6. The molecule has 0 aromatic heterocycles. The molecule has 0 aliphatic carbocycles. The van der Waals surface area contributed by atoms with Crippen molar-refractivity contribution >= 4 is 11.8 Å². The Kier molecular flexibility index (Phi) is 9.08. The second kappa shape index (κ2) is 10.6. The number of likely N-dealkylation sites (N-methyl/N-ethyl adjacent to an activating group) is 1. The van der Waals surface area contributed by atoms with E-state index < -0.39 is 0 Å². The van der Waals surface area contributed by atoms with Crippen LogP contribution in [0.4, 0.5) is 0 Å². The van der Waals surface area contributed by atoms with E-state index in [1.54, 1.807) is 12.0 Å². The fourth-order valence-electron chi connectivity index (χ4n) is 2.88. The number of likely N-dealkylation sites (tertiary alicyclic amines) is 1. The van der Waals surface area contributed by atoms with Crippen molar-refractivity contribution in [3.8, 4) is 0 Å². The predicted octanol–water partition coefficient (Wildman–Crippen LogP) is 0.862. The average molecular weight is 313 g/mol. The highest BCUT2D eigenvalue weighted by molar-refractivity contribution is 5.81. The van der Waals surface area contributed by atoms with E-state index >= 15 is 0 Å². The highest BCUT2D eigenvalue weighted by Gasteiger charge is 2.25. The van der Waals surface area contributed by atoms with Gasteiger partial charge in [0.2, 0.25) is 11.8 Å². The van der Waals surface area contributed by atoms with E-state index in [1.165, 1.54) is 6.42 Å². The summed E-state index contributed by atoms with van der Waals surface area (Å²) in [6.45, 7) is 4.80. The Bertz CT molecular complexity index is 350. The maximum absolute atomic E-state index is 12.4. The second-order valence-corrected chi connectivity index (χ2v) is 6.01. The first-order valence-corrected chi connectivity index (χ1v) is 8.32. The van der Waals surface area contributed by atoms with Gasteiger partial charge in [0.25, 0.3) is 0 Å². The van der Waals surface area contributed by atoms with Gasteiger partial charge in [-0.3, -0.25) is 14.5 Å². The van der Waals surface area contributed by atoms with Gasteiger partial charge in [0.05, 0.1) is 13.1 Å². The number of hydrogen-bond donors (Lipinski definition) is 1. The zero-order valence-electron chi connectivity index (χ0n) is 14.3. The van der Waals surface area contributed by atoms with Crippen LogP contribution >= 0.6 is 0 Å². The van der Waals surface area contributed by atoms with Crippen LogP contribution in [-0.4, -0.2) is 74.6 Å². The SMILES string of the molecule is CCC1CCCCN1C(=O)CN(C)CC(=O)NCCCOC. The molecule has 1 saturated heterocycles. The molecule has 1 atom stereocenters. The van der Waals surface area contributed by atoms with Gasteiger partial charge in [-0.15, -0.1) is 0 Å². The minimum absolute atomic E-state index is 0.0444. The molecule has 1 rings (SSSR count). The average Bonchev–Trinajstić information content (AvgIpc) is 2.51. The van der Waals surface area contributed by atoms with Gasteiger partial charge in [-0.2, -0.15) is 0 Å². The summed E-state index contributed by atoms with van der Waals surface area (Å²) in [4.78, 5) is 28.0. The number of nitrogens with one attached hydrogen (secondary N) is 1. The first kappa shape index (κ1) is 18.9. The zero-order valence-corrected chi connectivity index (χ0v) is 14.3. The van der Waals surface area contributed by atoms with Gasteiger partial charge in [0, 0.05) is 32.8 Å². The number of piperidine rings is 1. The number of amides is 2. The van der Waals surface area contributed by atoms with Crippen LogP contribution in [0.3, 0.4) is 0 Å². The van der Waals surface area contributed by atoms with E-state index in [0.29, 0.717) is 25.7 Å². The third-order valence-corrected chi connectivity index (χ3v) is 4.08. The number of hydrogen-bond acceptors (Lipinski definition) is 4. The molecule has 1 N–H and O–H groups in total. The van der Waals surface area contributed by atoms with Crippen molar-refractivity contribution in [1.29, 1.82) is 0 Å². The minimum Gasteiger partial charge on any atom is -0.385 e. The van der Waals surface area contributed by atoms with Crippen LogP contribution in [0.5, 0.6) is 0 Å². The summed E-state index contributed by atoms with van der Waals surface area (Å²) < 4.78 is 4.93. The Labute approximate surface area is 134 Å². The standard InChI is InChI=1S/C16H31N3O3/c1-4-14-8-5-6-10-19(14)16(21)13-18(2)12-15(20)17-9-7-11-22-3/h14H,4-13H2,1-3H3,(H,17,20). The second-order valence-electron chi connectivity index (χ2n) is 6.01. The highest BCUT2D eigenvalue weighted by atomic mass is 16.5. The van der Waals surface area contributed by atoms with Gasteiger partial charge in [-0.05, 0) is 39.2 Å². The fourth-order valence-corrected chi connectivity index (χ4v) is 2.88. The number of rotatable bonds is 9. The fraction of sp³-hybridized carbons (Fsp3) is 0.875. The van der Waals surface area contributed by atoms with Gasteiger partial charge in [0.15, 0.2) is 0 Å². The largest absolute Gasteiger partial charge is 0.385 e. The number of ether oxygens (including phenoxy) is 1. The summed E-state index contributed by atoms with van der Waals surface area (Å²) in [5, 5.41) is 2.84. The Morgan fingerprint density at radius 3 is 2.77 bits per heavy atom. The molecule has 1 heterocycles. The van der Waals surface area contributed by atoms with Gasteiger partial charge < -0.3 is 15.0 Å². The predicted molar refractivity (Wildman–Crippen MR) is 86.6 cm³/mol. The van der Waals surface area contributed by atoms with Crippen molar-refractivity contribution < 1.29 is 14.3 Å². The molecule has 1 fully saturated rings. The zero-order chi connectivity index (χ0) is 16.4. The molecule has 0 bridgehead atoms. The van der Waals surface area contributed by atoms with Crippen molar-refractivity contribution in [3.63, 3.8) is 0 Å². The quantitative estimate of drug-likeness (QED) is 0.642. The maximum atomic E-state index is 12.4. The minimum atomic E-state index is -0.0444. The van der Waals surface area contributed by atoms with Crippen molar-refractivity contribution in [3.05, 3.63) is 0 Å². The van der Waals surface area contributed by atoms with Crippen molar-refractivity contribution in [2.45, 2.75) is 45.1 Å². The number of carbonyl (C=O) groups excluding carboxylic acids is 2. The van der Waals surface area contributed by atoms with Crippen LogP contribution in [0.2, 0.25) is 0 Å². The molecule has 6 heteroatoms. The summed E-state index contributed by atoms with van der Waals surface area (Å²) in [7, 11) is 3.46. The van der Waals surface area contributed by atoms with Gasteiger partial charge >= 0.3 is 0 Å². The molecule has 128 valence electrons. The molecular weight excluding hydrogens is 282 g/mol. The molecule has 22 heavy (non-hydrogen) atoms. The smallest absolute Gasteiger partial charge is 0.237 e. The third-order valence-electron chi connectivity index (χ3n) is 4.08.